The average Bonchev–Trinajstić information content (AvgIpc) is 2.56. The van der Waals surface area contributed by atoms with Crippen molar-refractivity contribution in [3.8, 4) is 0 Å². The van der Waals surface area contributed by atoms with Crippen LogP contribution in [0.15, 0.2) is 0 Å². The predicted molar refractivity (Wildman–Crippen MR) is 95.8 cm³/mol. The SMILES string of the molecule is CCCNc1nc(NC)c2nc(NCCO)nc(NC)c2n1.Cl. The zero-order valence-electron chi connectivity index (χ0n) is 13.5. The molecule has 0 aliphatic carbocycles. The van der Waals surface area contributed by atoms with Gasteiger partial charge in [-0.25, -0.2) is 9.97 Å². The molecular formula is C13H23ClN8O. The van der Waals surface area contributed by atoms with E-state index in [0.29, 0.717) is 41.1 Å². The highest BCUT2D eigenvalue weighted by atomic mass is 35.5. The molecule has 0 unspecified atom stereocenters. The molecule has 0 aliphatic rings. The van der Waals surface area contributed by atoms with Gasteiger partial charge in [0.1, 0.15) is 11.0 Å². The highest BCUT2D eigenvalue weighted by Crippen LogP contribution is 2.26. The molecule has 0 saturated carbocycles. The maximum atomic E-state index is 8.91. The number of aromatic nitrogens is 4. The van der Waals surface area contributed by atoms with Gasteiger partial charge in [0.15, 0.2) is 11.6 Å². The van der Waals surface area contributed by atoms with Crippen LogP contribution in [0.5, 0.6) is 0 Å². The Hall–Kier alpha value is -2.13. The normalized spacial score (nSPS) is 10.1. The molecule has 128 valence electrons. The van der Waals surface area contributed by atoms with E-state index in [4.69, 9.17) is 5.11 Å². The highest BCUT2D eigenvalue weighted by Gasteiger charge is 2.14. The Bertz CT molecular complexity index is 584. The van der Waals surface area contributed by atoms with Crippen LogP contribution in [0.1, 0.15) is 13.3 Å². The van der Waals surface area contributed by atoms with Crippen molar-refractivity contribution in [2.24, 2.45) is 0 Å². The molecule has 2 rings (SSSR count). The molecule has 10 heteroatoms. The number of hydrogen-bond donors (Lipinski definition) is 5. The summed E-state index contributed by atoms with van der Waals surface area (Å²) in [7, 11) is 3.56. The van der Waals surface area contributed by atoms with Crippen molar-refractivity contribution in [1.82, 2.24) is 19.9 Å². The van der Waals surface area contributed by atoms with Crippen molar-refractivity contribution in [2.45, 2.75) is 13.3 Å². The summed E-state index contributed by atoms with van der Waals surface area (Å²) in [5, 5.41) is 21.1. The van der Waals surface area contributed by atoms with Crippen LogP contribution in [0.25, 0.3) is 11.0 Å². The van der Waals surface area contributed by atoms with Crippen LogP contribution < -0.4 is 21.3 Å². The Morgan fingerprint density at radius 1 is 0.826 bits per heavy atom. The molecule has 2 aromatic rings. The quantitative estimate of drug-likeness (QED) is 0.481. The number of nitrogens with zero attached hydrogens (tertiary/aromatic N) is 4. The van der Waals surface area contributed by atoms with E-state index in [1.165, 1.54) is 0 Å². The van der Waals surface area contributed by atoms with Gasteiger partial charge in [-0.05, 0) is 6.42 Å². The second kappa shape index (κ2) is 9.11. The minimum Gasteiger partial charge on any atom is -0.395 e. The van der Waals surface area contributed by atoms with Crippen LogP contribution in [0.3, 0.4) is 0 Å². The van der Waals surface area contributed by atoms with E-state index in [0.717, 1.165) is 13.0 Å². The molecule has 0 aliphatic heterocycles. The topological polar surface area (TPSA) is 120 Å². The second-order valence-electron chi connectivity index (χ2n) is 4.57. The largest absolute Gasteiger partial charge is 0.395 e. The molecule has 0 spiro atoms. The number of rotatable bonds is 8. The Morgan fingerprint density at radius 3 is 1.70 bits per heavy atom. The fraction of sp³-hybridized carbons (Fsp3) is 0.538. The van der Waals surface area contributed by atoms with Crippen molar-refractivity contribution in [3.05, 3.63) is 0 Å². The summed E-state index contributed by atoms with van der Waals surface area (Å²) in [6, 6.07) is 0. The fourth-order valence-corrected chi connectivity index (χ4v) is 1.93. The van der Waals surface area contributed by atoms with E-state index in [9.17, 15) is 0 Å². The lowest BCUT2D eigenvalue weighted by molar-refractivity contribution is 0.311. The lowest BCUT2D eigenvalue weighted by Gasteiger charge is -2.12. The highest BCUT2D eigenvalue weighted by molar-refractivity contribution is 5.94. The number of fused-ring (bicyclic) bond motifs is 1. The van der Waals surface area contributed by atoms with Gasteiger partial charge in [0.25, 0.3) is 0 Å². The van der Waals surface area contributed by atoms with Gasteiger partial charge in [0.2, 0.25) is 11.9 Å². The van der Waals surface area contributed by atoms with Crippen LogP contribution in [0.2, 0.25) is 0 Å². The third-order valence-corrected chi connectivity index (χ3v) is 2.95. The number of aliphatic hydroxyl groups is 1. The summed E-state index contributed by atoms with van der Waals surface area (Å²) in [6.45, 7) is 3.25. The Morgan fingerprint density at radius 2 is 1.30 bits per heavy atom. The zero-order chi connectivity index (χ0) is 15.9. The molecule has 2 aromatic heterocycles. The van der Waals surface area contributed by atoms with Gasteiger partial charge in [0, 0.05) is 27.2 Å². The molecule has 9 nitrogen and oxygen atoms in total. The minimum absolute atomic E-state index is 0. The maximum Gasteiger partial charge on any atom is 0.225 e. The van der Waals surface area contributed by atoms with Gasteiger partial charge in [-0.1, -0.05) is 6.92 Å². The molecular weight excluding hydrogens is 320 g/mol. The summed E-state index contributed by atoms with van der Waals surface area (Å²) in [6.07, 6.45) is 0.982. The van der Waals surface area contributed by atoms with Gasteiger partial charge in [-0.15, -0.1) is 12.4 Å². The summed E-state index contributed by atoms with van der Waals surface area (Å²) >= 11 is 0. The monoisotopic (exact) mass is 342 g/mol. The summed E-state index contributed by atoms with van der Waals surface area (Å²) in [4.78, 5) is 17.7. The van der Waals surface area contributed by atoms with Crippen LogP contribution in [-0.2, 0) is 0 Å². The van der Waals surface area contributed by atoms with E-state index >= 15 is 0 Å². The van der Waals surface area contributed by atoms with Crippen molar-refractivity contribution in [1.29, 1.82) is 0 Å². The van der Waals surface area contributed by atoms with E-state index in [1.54, 1.807) is 14.1 Å². The molecule has 0 saturated heterocycles. The van der Waals surface area contributed by atoms with Crippen molar-refractivity contribution >= 4 is 47.0 Å². The summed E-state index contributed by atoms with van der Waals surface area (Å²) < 4.78 is 0. The van der Waals surface area contributed by atoms with Crippen LogP contribution in [-0.4, -0.2) is 58.8 Å². The third kappa shape index (κ3) is 4.42. The van der Waals surface area contributed by atoms with Crippen molar-refractivity contribution < 1.29 is 5.11 Å². The Labute approximate surface area is 141 Å². The molecule has 23 heavy (non-hydrogen) atoms. The first kappa shape index (κ1) is 18.9. The molecule has 0 amide bonds. The molecule has 0 bridgehead atoms. The smallest absolute Gasteiger partial charge is 0.225 e. The fourth-order valence-electron chi connectivity index (χ4n) is 1.93. The first-order valence-electron chi connectivity index (χ1n) is 7.27. The Kier molecular flexibility index (Phi) is 7.49. The predicted octanol–water partition coefficient (Wildman–Crippen LogP) is 1.15. The third-order valence-electron chi connectivity index (χ3n) is 2.95. The lowest BCUT2D eigenvalue weighted by Crippen LogP contribution is -2.12. The molecule has 0 aromatic carbocycles. The van der Waals surface area contributed by atoms with Crippen LogP contribution in [0, 0.1) is 0 Å². The maximum absolute atomic E-state index is 8.91. The van der Waals surface area contributed by atoms with Crippen LogP contribution in [0.4, 0.5) is 23.5 Å². The van der Waals surface area contributed by atoms with E-state index in [2.05, 4.69) is 48.1 Å². The minimum atomic E-state index is 0. The number of halogens is 1. The molecule has 5 N–H and O–H groups in total. The Balaban J connectivity index is 0.00000264. The summed E-state index contributed by atoms with van der Waals surface area (Å²) in [5.74, 6) is 2.17. The van der Waals surface area contributed by atoms with Crippen molar-refractivity contribution in [2.75, 3.05) is 55.1 Å². The molecule has 0 radical (unpaired) electrons. The van der Waals surface area contributed by atoms with Gasteiger partial charge in [-0.3, -0.25) is 0 Å². The first-order chi connectivity index (χ1) is 10.7. The number of nitrogens with one attached hydrogen (secondary N) is 4. The number of aliphatic hydroxyl groups excluding tert-OH is 1. The van der Waals surface area contributed by atoms with Gasteiger partial charge in [-0.2, -0.15) is 9.97 Å². The number of anilines is 4. The molecule has 0 atom stereocenters. The van der Waals surface area contributed by atoms with Gasteiger partial charge in [0.05, 0.1) is 6.61 Å². The second-order valence-corrected chi connectivity index (χ2v) is 4.57. The molecule has 0 fully saturated rings. The van der Waals surface area contributed by atoms with E-state index < -0.39 is 0 Å². The number of hydrogen-bond acceptors (Lipinski definition) is 9. The van der Waals surface area contributed by atoms with Crippen molar-refractivity contribution in [3.63, 3.8) is 0 Å². The van der Waals surface area contributed by atoms with Gasteiger partial charge < -0.3 is 26.4 Å². The van der Waals surface area contributed by atoms with Crippen LogP contribution >= 0.6 is 12.4 Å². The molecule has 2 heterocycles. The summed E-state index contributed by atoms with van der Waals surface area (Å²) in [5.41, 5.74) is 1.25. The first-order valence-corrected chi connectivity index (χ1v) is 7.27. The van der Waals surface area contributed by atoms with E-state index in [-0.39, 0.29) is 19.0 Å². The standard InChI is InChI=1S/C13H22N8O.ClH/c1-4-5-16-12-18-8-9(10(14-2)20-12)19-13(17-6-7-22)21-11(8)15-3;/h22H,4-7H2,1-3H3,(H2,14,16,18,20)(H2,15,17,19,21);1H. The lowest BCUT2D eigenvalue weighted by atomic mass is 10.3. The zero-order valence-corrected chi connectivity index (χ0v) is 14.3. The average molecular weight is 343 g/mol. The van der Waals surface area contributed by atoms with Gasteiger partial charge >= 0.3 is 0 Å². The van der Waals surface area contributed by atoms with E-state index in [1.807, 2.05) is 0 Å².